The van der Waals surface area contributed by atoms with Gasteiger partial charge in [0.1, 0.15) is 17.5 Å². The number of halogens is 1. The minimum Gasteiger partial charge on any atom is -0.444 e. The largest absolute Gasteiger partial charge is 0.444 e. The third-order valence-corrected chi connectivity index (χ3v) is 4.05. The Balaban J connectivity index is 2.25. The van der Waals surface area contributed by atoms with Crippen LogP contribution in [-0.2, 0) is 4.74 Å². The summed E-state index contributed by atoms with van der Waals surface area (Å²) in [5, 5.41) is 17.9. The normalized spacial score (nSPS) is 11.9. The van der Waals surface area contributed by atoms with Crippen molar-refractivity contribution in [3.8, 4) is 0 Å². The van der Waals surface area contributed by atoms with Crippen LogP contribution in [0, 0.1) is 10.1 Å². The van der Waals surface area contributed by atoms with E-state index in [0.717, 1.165) is 4.47 Å². The van der Waals surface area contributed by atoms with E-state index in [2.05, 4.69) is 31.5 Å². The van der Waals surface area contributed by atoms with Crippen LogP contribution in [0.3, 0.4) is 0 Å². The number of ether oxygens (including phenoxy) is 1. The van der Waals surface area contributed by atoms with Crippen molar-refractivity contribution >= 4 is 44.3 Å². The molecule has 2 aromatic rings. The van der Waals surface area contributed by atoms with Crippen molar-refractivity contribution < 1.29 is 14.5 Å². The second-order valence-corrected chi connectivity index (χ2v) is 8.72. The maximum atomic E-state index is 12.0. The molecule has 0 aliphatic rings. The summed E-state index contributed by atoms with van der Waals surface area (Å²) >= 11 is 3.37. The Bertz CT molecular complexity index is 878. The standard InChI is InChI=1S/C18H23BrN4O4/c1-17(2,3)27-16(24)22-18(4,5)10-21-15-12-7-6-11(19)8-13(12)20-9-14(15)23(25)26/h6-9H,10H2,1-5H3,(H,20,21)(H,22,24). The molecule has 1 aromatic carbocycles. The molecule has 1 amide bonds. The molecule has 2 N–H and O–H groups in total. The van der Waals surface area contributed by atoms with Gasteiger partial charge in [0.05, 0.1) is 16.0 Å². The molecule has 146 valence electrons. The number of pyridine rings is 1. The molecule has 0 aliphatic carbocycles. The SMILES string of the molecule is CC(C)(CNc1c([N+](=O)[O-])cnc2cc(Br)ccc12)NC(=O)OC(C)(C)C. The molecule has 0 atom stereocenters. The molecular formula is C18H23BrN4O4. The Kier molecular flexibility index (Phi) is 5.94. The van der Waals surface area contributed by atoms with Gasteiger partial charge in [0, 0.05) is 16.4 Å². The molecule has 9 heteroatoms. The Hall–Kier alpha value is -2.42. The first-order valence-electron chi connectivity index (χ1n) is 8.36. The van der Waals surface area contributed by atoms with Crippen molar-refractivity contribution in [3.05, 3.63) is 39.0 Å². The van der Waals surface area contributed by atoms with Crippen LogP contribution in [0.4, 0.5) is 16.2 Å². The third-order valence-electron chi connectivity index (χ3n) is 3.55. The smallest absolute Gasteiger partial charge is 0.408 e. The van der Waals surface area contributed by atoms with Crippen LogP contribution in [0.15, 0.2) is 28.9 Å². The molecule has 0 spiro atoms. The molecule has 0 bridgehead atoms. The molecule has 0 aliphatic heterocycles. The van der Waals surface area contributed by atoms with E-state index < -0.39 is 22.2 Å². The second kappa shape index (κ2) is 7.67. The number of hydrogen-bond acceptors (Lipinski definition) is 6. The first kappa shape index (κ1) is 20.9. The fourth-order valence-corrected chi connectivity index (χ4v) is 2.76. The van der Waals surface area contributed by atoms with E-state index in [1.807, 2.05) is 0 Å². The highest BCUT2D eigenvalue weighted by Crippen LogP contribution is 2.33. The van der Waals surface area contributed by atoms with Crippen molar-refractivity contribution in [2.45, 2.75) is 45.8 Å². The third kappa shape index (κ3) is 5.78. The van der Waals surface area contributed by atoms with E-state index in [1.54, 1.807) is 52.8 Å². The van der Waals surface area contributed by atoms with Crippen molar-refractivity contribution in [2.75, 3.05) is 11.9 Å². The Morgan fingerprint density at radius 2 is 1.96 bits per heavy atom. The van der Waals surface area contributed by atoms with E-state index in [9.17, 15) is 14.9 Å². The fraction of sp³-hybridized carbons (Fsp3) is 0.444. The molecule has 0 radical (unpaired) electrons. The van der Waals surface area contributed by atoms with Gasteiger partial charge in [-0.15, -0.1) is 0 Å². The molecular weight excluding hydrogens is 416 g/mol. The van der Waals surface area contributed by atoms with Crippen molar-refractivity contribution in [1.29, 1.82) is 0 Å². The van der Waals surface area contributed by atoms with Crippen molar-refractivity contribution in [2.24, 2.45) is 0 Å². The molecule has 1 heterocycles. The first-order chi connectivity index (χ1) is 12.4. The predicted octanol–water partition coefficient (Wildman–Crippen LogP) is 4.62. The topological polar surface area (TPSA) is 106 Å². The minimum absolute atomic E-state index is 0.127. The maximum absolute atomic E-state index is 12.0. The lowest BCUT2D eigenvalue weighted by molar-refractivity contribution is -0.384. The molecule has 8 nitrogen and oxygen atoms in total. The zero-order valence-corrected chi connectivity index (χ0v) is 17.5. The summed E-state index contributed by atoms with van der Waals surface area (Å²) in [5.74, 6) is 0. The predicted molar refractivity (Wildman–Crippen MR) is 108 cm³/mol. The number of carbonyl (C=O) groups excluding carboxylic acids is 1. The lowest BCUT2D eigenvalue weighted by atomic mass is 10.1. The van der Waals surface area contributed by atoms with E-state index in [1.165, 1.54) is 6.20 Å². The summed E-state index contributed by atoms with van der Waals surface area (Å²) in [6.45, 7) is 9.20. The van der Waals surface area contributed by atoms with E-state index in [0.29, 0.717) is 16.6 Å². The van der Waals surface area contributed by atoms with Gasteiger partial charge >= 0.3 is 11.8 Å². The van der Waals surface area contributed by atoms with Gasteiger partial charge in [0.25, 0.3) is 0 Å². The highest BCUT2D eigenvalue weighted by Gasteiger charge is 2.26. The number of alkyl carbamates (subject to hydrolysis) is 1. The Morgan fingerprint density at radius 3 is 2.56 bits per heavy atom. The Labute approximate surface area is 166 Å². The van der Waals surface area contributed by atoms with Gasteiger partial charge in [-0.05, 0) is 52.8 Å². The number of hydrogen-bond donors (Lipinski definition) is 2. The van der Waals surface area contributed by atoms with E-state index in [4.69, 9.17) is 4.74 Å². The average molecular weight is 439 g/mol. The number of anilines is 1. The zero-order valence-electron chi connectivity index (χ0n) is 15.9. The number of rotatable bonds is 5. The number of amides is 1. The summed E-state index contributed by atoms with van der Waals surface area (Å²) in [6, 6.07) is 5.34. The van der Waals surface area contributed by atoms with Crippen LogP contribution in [0.5, 0.6) is 0 Å². The lowest BCUT2D eigenvalue weighted by Gasteiger charge is -2.29. The van der Waals surface area contributed by atoms with Gasteiger partial charge in [-0.25, -0.2) is 9.78 Å². The molecule has 0 saturated heterocycles. The van der Waals surface area contributed by atoms with Gasteiger partial charge < -0.3 is 15.4 Å². The van der Waals surface area contributed by atoms with Crippen LogP contribution < -0.4 is 10.6 Å². The maximum Gasteiger partial charge on any atom is 0.408 e. The number of benzene rings is 1. The van der Waals surface area contributed by atoms with E-state index in [-0.39, 0.29) is 12.2 Å². The van der Waals surface area contributed by atoms with Crippen LogP contribution >= 0.6 is 15.9 Å². The van der Waals surface area contributed by atoms with Gasteiger partial charge in [0.15, 0.2) is 0 Å². The highest BCUT2D eigenvalue weighted by molar-refractivity contribution is 9.10. The minimum atomic E-state index is -0.707. The summed E-state index contributed by atoms with van der Waals surface area (Å²) in [5.41, 5.74) is -0.466. The van der Waals surface area contributed by atoms with Gasteiger partial charge in [-0.3, -0.25) is 10.1 Å². The highest BCUT2D eigenvalue weighted by atomic mass is 79.9. The lowest BCUT2D eigenvalue weighted by Crippen LogP contribution is -2.50. The monoisotopic (exact) mass is 438 g/mol. The number of aromatic nitrogens is 1. The Morgan fingerprint density at radius 1 is 1.30 bits per heavy atom. The number of nitro groups is 1. The molecule has 0 saturated carbocycles. The second-order valence-electron chi connectivity index (χ2n) is 7.80. The molecule has 0 fully saturated rings. The van der Waals surface area contributed by atoms with Gasteiger partial charge in [-0.2, -0.15) is 0 Å². The molecule has 0 unspecified atom stereocenters. The summed E-state index contributed by atoms with van der Waals surface area (Å²) in [7, 11) is 0. The summed E-state index contributed by atoms with van der Waals surface area (Å²) in [6.07, 6.45) is 0.679. The average Bonchev–Trinajstić information content (AvgIpc) is 2.49. The van der Waals surface area contributed by atoms with Crippen LogP contribution in [0.25, 0.3) is 10.9 Å². The summed E-state index contributed by atoms with van der Waals surface area (Å²) in [4.78, 5) is 27.1. The summed E-state index contributed by atoms with van der Waals surface area (Å²) < 4.78 is 6.10. The number of nitrogens with one attached hydrogen (secondary N) is 2. The van der Waals surface area contributed by atoms with Crippen molar-refractivity contribution in [3.63, 3.8) is 0 Å². The number of nitrogens with zero attached hydrogens (tertiary/aromatic N) is 2. The molecule has 2 rings (SSSR count). The zero-order chi connectivity index (χ0) is 20.4. The number of carbonyl (C=O) groups is 1. The quantitative estimate of drug-likeness (QED) is 0.520. The van der Waals surface area contributed by atoms with Crippen LogP contribution in [0.2, 0.25) is 0 Å². The fourth-order valence-electron chi connectivity index (χ4n) is 2.41. The van der Waals surface area contributed by atoms with E-state index >= 15 is 0 Å². The van der Waals surface area contributed by atoms with Crippen molar-refractivity contribution in [1.82, 2.24) is 10.3 Å². The van der Waals surface area contributed by atoms with Crippen LogP contribution in [0.1, 0.15) is 34.6 Å². The van der Waals surface area contributed by atoms with Gasteiger partial charge in [-0.1, -0.05) is 15.9 Å². The first-order valence-corrected chi connectivity index (χ1v) is 9.15. The molecule has 27 heavy (non-hydrogen) atoms. The van der Waals surface area contributed by atoms with Crippen LogP contribution in [-0.4, -0.2) is 33.7 Å². The van der Waals surface area contributed by atoms with Gasteiger partial charge in [0.2, 0.25) is 0 Å². The number of fused-ring (bicyclic) bond motifs is 1. The molecule has 1 aromatic heterocycles.